The lowest BCUT2D eigenvalue weighted by atomic mass is 9.91. The number of likely N-dealkylation sites (tertiary alicyclic amines) is 1. The summed E-state index contributed by atoms with van der Waals surface area (Å²) in [7, 11) is 0. The lowest BCUT2D eigenvalue weighted by Gasteiger charge is -2.37. The van der Waals surface area contributed by atoms with Crippen molar-refractivity contribution in [3.8, 4) is 0 Å². The van der Waals surface area contributed by atoms with Gasteiger partial charge in [-0.3, -0.25) is 4.79 Å². The fourth-order valence-electron chi connectivity index (χ4n) is 2.90. The maximum atomic E-state index is 12.8. The molecule has 2 unspecified atom stereocenters. The number of hydrogen-bond donors (Lipinski definition) is 2. The molecule has 0 bridgehead atoms. The number of fused-ring (bicyclic) bond motifs is 1. The van der Waals surface area contributed by atoms with Gasteiger partial charge in [0.05, 0.1) is 23.2 Å². The Morgan fingerprint density at radius 1 is 1.39 bits per heavy atom. The number of carbonyl (C=O) groups excluding carboxylic acids is 1. The molecule has 0 spiro atoms. The molecular formula is C14H16F3N5O. The van der Waals surface area contributed by atoms with Gasteiger partial charge in [0.2, 0.25) is 0 Å². The second kappa shape index (κ2) is 5.41. The third-order valence-corrected chi connectivity index (χ3v) is 4.14. The van der Waals surface area contributed by atoms with Crippen molar-refractivity contribution in [3.05, 3.63) is 30.1 Å². The molecule has 1 aliphatic heterocycles. The molecule has 1 aliphatic rings. The highest BCUT2D eigenvalue weighted by molar-refractivity contribution is 6.01. The first-order valence-electron chi connectivity index (χ1n) is 7.12. The third kappa shape index (κ3) is 2.83. The second-order valence-corrected chi connectivity index (χ2v) is 5.70. The van der Waals surface area contributed by atoms with Gasteiger partial charge in [0, 0.05) is 31.0 Å². The summed E-state index contributed by atoms with van der Waals surface area (Å²) in [6, 6.07) is 2.11. The van der Waals surface area contributed by atoms with E-state index in [4.69, 9.17) is 11.5 Å². The van der Waals surface area contributed by atoms with Crippen LogP contribution in [-0.4, -0.2) is 45.7 Å². The van der Waals surface area contributed by atoms with Gasteiger partial charge in [-0.25, -0.2) is 4.52 Å². The molecular weight excluding hydrogens is 311 g/mol. The SMILES string of the molecule is Nc1ccn2ncc(C(=O)N3CCC(C(F)(F)F)C(N)C3)c2c1. The normalized spacial score (nSPS) is 22.5. The van der Waals surface area contributed by atoms with Crippen LogP contribution in [0.15, 0.2) is 24.5 Å². The quantitative estimate of drug-likeness (QED) is 0.825. The van der Waals surface area contributed by atoms with E-state index in [0.29, 0.717) is 16.8 Å². The molecule has 0 aliphatic carbocycles. The second-order valence-electron chi connectivity index (χ2n) is 5.70. The molecule has 1 saturated heterocycles. The number of amides is 1. The van der Waals surface area contributed by atoms with Gasteiger partial charge in [-0.2, -0.15) is 18.3 Å². The Balaban J connectivity index is 1.82. The summed E-state index contributed by atoms with van der Waals surface area (Å²) in [5, 5.41) is 4.05. The summed E-state index contributed by atoms with van der Waals surface area (Å²) in [5.41, 5.74) is 12.6. The molecule has 6 nitrogen and oxygen atoms in total. The highest BCUT2D eigenvalue weighted by Gasteiger charge is 2.46. The number of nitrogen functional groups attached to an aromatic ring is 1. The zero-order valence-electron chi connectivity index (χ0n) is 12.1. The van der Waals surface area contributed by atoms with E-state index < -0.39 is 18.1 Å². The lowest BCUT2D eigenvalue weighted by molar-refractivity contribution is -0.188. The van der Waals surface area contributed by atoms with E-state index in [1.54, 1.807) is 18.3 Å². The van der Waals surface area contributed by atoms with Gasteiger partial charge in [0.15, 0.2) is 0 Å². The van der Waals surface area contributed by atoms with E-state index in [1.807, 2.05) is 0 Å². The van der Waals surface area contributed by atoms with E-state index >= 15 is 0 Å². The number of pyridine rings is 1. The zero-order valence-corrected chi connectivity index (χ0v) is 12.1. The number of carbonyl (C=O) groups is 1. The smallest absolute Gasteiger partial charge is 0.393 e. The van der Waals surface area contributed by atoms with E-state index in [-0.39, 0.29) is 25.4 Å². The molecule has 0 saturated carbocycles. The van der Waals surface area contributed by atoms with E-state index in [9.17, 15) is 18.0 Å². The number of nitrogens with zero attached hydrogens (tertiary/aromatic N) is 3. The monoisotopic (exact) mass is 327 g/mol. The molecule has 2 aromatic rings. The van der Waals surface area contributed by atoms with Crippen LogP contribution < -0.4 is 11.5 Å². The molecule has 9 heteroatoms. The fourth-order valence-corrected chi connectivity index (χ4v) is 2.90. The Bertz CT molecular complexity index is 742. The number of aromatic nitrogens is 2. The minimum Gasteiger partial charge on any atom is -0.399 e. The number of nitrogens with two attached hydrogens (primary N) is 2. The molecule has 1 amide bonds. The molecule has 3 heterocycles. The summed E-state index contributed by atoms with van der Waals surface area (Å²) < 4.78 is 40.0. The van der Waals surface area contributed by atoms with Crippen LogP contribution in [0.3, 0.4) is 0 Å². The number of alkyl halides is 3. The molecule has 0 aromatic carbocycles. The molecule has 2 atom stereocenters. The van der Waals surface area contributed by atoms with Crippen LogP contribution in [0.4, 0.5) is 18.9 Å². The van der Waals surface area contributed by atoms with Gasteiger partial charge in [-0.05, 0) is 18.6 Å². The number of piperidine rings is 1. The van der Waals surface area contributed by atoms with Gasteiger partial charge in [0.1, 0.15) is 0 Å². The van der Waals surface area contributed by atoms with Crippen LogP contribution in [0.1, 0.15) is 16.8 Å². The third-order valence-electron chi connectivity index (χ3n) is 4.14. The highest BCUT2D eigenvalue weighted by Crippen LogP contribution is 2.34. The van der Waals surface area contributed by atoms with Crippen LogP contribution in [-0.2, 0) is 0 Å². The van der Waals surface area contributed by atoms with Crippen LogP contribution in [0.2, 0.25) is 0 Å². The van der Waals surface area contributed by atoms with Crippen molar-refractivity contribution < 1.29 is 18.0 Å². The van der Waals surface area contributed by atoms with Crippen molar-refractivity contribution >= 4 is 17.1 Å². The van der Waals surface area contributed by atoms with Crippen LogP contribution in [0.5, 0.6) is 0 Å². The Hall–Kier alpha value is -2.29. The van der Waals surface area contributed by atoms with Crippen molar-refractivity contribution in [2.24, 2.45) is 11.7 Å². The van der Waals surface area contributed by atoms with E-state index in [1.165, 1.54) is 15.6 Å². The van der Waals surface area contributed by atoms with Crippen molar-refractivity contribution in [1.29, 1.82) is 0 Å². The van der Waals surface area contributed by atoms with Gasteiger partial charge in [-0.15, -0.1) is 0 Å². The summed E-state index contributed by atoms with van der Waals surface area (Å²) >= 11 is 0. The molecule has 124 valence electrons. The first-order chi connectivity index (χ1) is 10.8. The molecule has 1 fully saturated rings. The summed E-state index contributed by atoms with van der Waals surface area (Å²) in [5.74, 6) is -1.97. The van der Waals surface area contributed by atoms with Gasteiger partial charge in [0.25, 0.3) is 5.91 Å². The number of anilines is 1. The van der Waals surface area contributed by atoms with E-state index in [2.05, 4.69) is 5.10 Å². The number of hydrogen-bond acceptors (Lipinski definition) is 4. The Morgan fingerprint density at radius 2 is 2.13 bits per heavy atom. The highest BCUT2D eigenvalue weighted by atomic mass is 19.4. The number of halogens is 3. The largest absolute Gasteiger partial charge is 0.399 e. The standard InChI is InChI=1S/C14H16F3N5O/c15-14(16,17)10-2-3-21(7-11(10)19)13(23)9-6-20-22-4-1-8(18)5-12(9)22/h1,4-6,10-11H,2-3,7,18-19H2. The van der Waals surface area contributed by atoms with Gasteiger partial charge < -0.3 is 16.4 Å². The minimum absolute atomic E-state index is 0.0103. The zero-order chi connectivity index (χ0) is 16.8. The first kappa shape index (κ1) is 15.6. The van der Waals surface area contributed by atoms with Gasteiger partial charge >= 0.3 is 6.18 Å². The molecule has 4 N–H and O–H groups in total. The van der Waals surface area contributed by atoms with E-state index in [0.717, 1.165) is 0 Å². The predicted molar refractivity (Wildman–Crippen MR) is 77.6 cm³/mol. The van der Waals surface area contributed by atoms with Crippen molar-refractivity contribution in [3.63, 3.8) is 0 Å². The van der Waals surface area contributed by atoms with Crippen LogP contribution in [0, 0.1) is 5.92 Å². The minimum atomic E-state index is -4.34. The Kier molecular flexibility index (Phi) is 3.67. The van der Waals surface area contributed by atoms with Crippen molar-refractivity contribution in [2.45, 2.75) is 18.6 Å². The molecule has 2 aromatic heterocycles. The first-order valence-corrected chi connectivity index (χ1v) is 7.12. The van der Waals surface area contributed by atoms with Crippen molar-refractivity contribution in [2.75, 3.05) is 18.8 Å². The van der Waals surface area contributed by atoms with Crippen LogP contribution >= 0.6 is 0 Å². The molecule has 0 radical (unpaired) electrons. The van der Waals surface area contributed by atoms with Crippen LogP contribution in [0.25, 0.3) is 5.52 Å². The predicted octanol–water partition coefficient (Wildman–Crippen LogP) is 1.27. The molecule has 3 rings (SSSR count). The average molecular weight is 327 g/mol. The van der Waals surface area contributed by atoms with Gasteiger partial charge in [-0.1, -0.05) is 0 Å². The maximum absolute atomic E-state index is 12.8. The fraction of sp³-hybridized carbons (Fsp3) is 0.429. The summed E-state index contributed by atoms with van der Waals surface area (Å²) in [6.07, 6.45) is -1.53. The lowest BCUT2D eigenvalue weighted by Crippen LogP contribution is -2.54. The summed E-state index contributed by atoms with van der Waals surface area (Å²) in [6.45, 7) is -0.126. The topological polar surface area (TPSA) is 89.7 Å². The molecule has 23 heavy (non-hydrogen) atoms. The Labute approximate surface area is 129 Å². The average Bonchev–Trinajstić information content (AvgIpc) is 2.88. The summed E-state index contributed by atoms with van der Waals surface area (Å²) in [4.78, 5) is 13.9. The number of rotatable bonds is 1. The Morgan fingerprint density at radius 3 is 2.78 bits per heavy atom. The van der Waals surface area contributed by atoms with Crippen molar-refractivity contribution in [1.82, 2.24) is 14.5 Å². The maximum Gasteiger partial charge on any atom is 0.393 e.